The molecule has 1 aliphatic rings. The molecule has 1 aromatic carbocycles. The molecule has 21 heavy (non-hydrogen) atoms. The Kier molecular flexibility index (Phi) is 3.56. The number of fused-ring (bicyclic) bond motifs is 1. The summed E-state index contributed by atoms with van der Waals surface area (Å²) < 4.78 is 0. The Morgan fingerprint density at radius 3 is 2.76 bits per heavy atom. The van der Waals surface area contributed by atoms with E-state index in [4.69, 9.17) is 0 Å². The van der Waals surface area contributed by atoms with Gasteiger partial charge < -0.3 is 0 Å². The van der Waals surface area contributed by atoms with Crippen molar-refractivity contribution >= 4 is 16.6 Å². The lowest BCUT2D eigenvalue weighted by Crippen LogP contribution is -2.38. The summed E-state index contributed by atoms with van der Waals surface area (Å²) in [6.07, 6.45) is 6.65. The summed E-state index contributed by atoms with van der Waals surface area (Å²) in [7, 11) is 0. The largest absolute Gasteiger partial charge is 0.299 e. The normalized spacial score (nSPS) is 23.5. The molecule has 0 aliphatic heterocycles. The molecule has 0 amide bonds. The summed E-state index contributed by atoms with van der Waals surface area (Å²) in [6, 6.07) is 8.42. The first-order valence-corrected chi connectivity index (χ1v) is 7.86. The first-order valence-electron chi connectivity index (χ1n) is 7.86. The molecule has 2 atom stereocenters. The van der Waals surface area contributed by atoms with Gasteiger partial charge in [-0.25, -0.2) is 0 Å². The van der Waals surface area contributed by atoms with Crippen molar-refractivity contribution in [1.29, 1.82) is 0 Å². The minimum absolute atomic E-state index is 0.127. The number of aromatic nitrogens is 1. The van der Waals surface area contributed by atoms with E-state index >= 15 is 0 Å². The number of rotatable bonds is 2. The molecule has 1 saturated carbocycles. The third-order valence-electron chi connectivity index (χ3n) is 5.13. The average molecular weight is 281 g/mol. The first kappa shape index (κ1) is 14.2. The monoisotopic (exact) mass is 281 g/mol. The maximum Gasteiger partial charge on any atom is 0.137 e. The molecule has 2 aromatic rings. The van der Waals surface area contributed by atoms with Gasteiger partial charge in [-0.2, -0.15) is 0 Å². The second-order valence-electron chi connectivity index (χ2n) is 7.03. The van der Waals surface area contributed by atoms with Crippen molar-refractivity contribution < 1.29 is 4.79 Å². The number of ketones is 1. The van der Waals surface area contributed by atoms with Crippen LogP contribution >= 0.6 is 0 Å². The van der Waals surface area contributed by atoms with Crippen LogP contribution in [0.15, 0.2) is 36.7 Å². The molecule has 0 radical (unpaired) electrons. The fraction of sp³-hybridized carbons (Fsp3) is 0.474. The molecule has 0 bridgehead atoms. The Hall–Kier alpha value is -1.70. The topological polar surface area (TPSA) is 30.0 Å². The van der Waals surface area contributed by atoms with Crippen molar-refractivity contribution in [1.82, 2.24) is 4.98 Å². The summed E-state index contributed by atoms with van der Waals surface area (Å²) in [4.78, 5) is 16.8. The average Bonchev–Trinajstić information content (AvgIpc) is 2.46. The molecule has 2 unspecified atom stereocenters. The number of hydrogen-bond donors (Lipinski definition) is 0. The van der Waals surface area contributed by atoms with E-state index in [-0.39, 0.29) is 11.3 Å². The standard InChI is InChI=1S/C19H23NO/c1-13-7-8-17(18(21)11-13)19(2,3)16-6-4-5-14-12-20-10-9-15(14)16/h4-6,9-10,12-13,17H,7-8,11H2,1-3H3. The molecular formula is C19H23NO. The molecule has 0 N–H and O–H groups in total. The quantitative estimate of drug-likeness (QED) is 0.810. The van der Waals surface area contributed by atoms with Gasteiger partial charge in [0, 0.05) is 30.1 Å². The summed E-state index contributed by atoms with van der Waals surface area (Å²) in [5.41, 5.74) is 1.15. The number of benzene rings is 1. The SMILES string of the molecule is CC1CCC(C(C)(C)c2cccc3cnccc23)C(=O)C1. The highest BCUT2D eigenvalue weighted by Crippen LogP contribution is 2.42. The highest BCUT2D eigenvalue weighted by molar-refractivity contribution is 5.88. The van der Waals surface area contributed by atoms with Gasteiger partial charge in [-0.05, 0) is 41.2 Å². The predicted octanol–water partition coefficient (Wildman–Crippen LogP) is 4.52. The van der Waals surface area contributed by atoms with E-state index in [1.807, 2.05) is 12.4 Å². The van der Waals surface area contributed by atoms with Crippen LogP contribution in [-0.2, 0) is 10.2 Å². The van der Waals surface area contributed by atoms with Crippen LogP contribution in [-0.4, -0.2) is 10.8 Å². The van der Waals surface area contributed by atoms with Crippen molar-refractivity contribution in [2.24, 2.45) is 11.8 Å². The van der Waals surface area contributed by atoms with Gasteiger partial charge in [0.25, 0.3) is 0 Å². The summed E-state index contributed by atoms with van der Waals surface area (Å²) >= 11 is 0. The Morgan fingerprint density at radius 1 is 1.19 bits per heavy atom. The lowest BCUT2D eigenvalue weighted by Gasteiger charge is -2.38. The zero-order valence-corrected chi connectivity index (χ0v) is 13.1. The highest BCUT2D eigenvalue weighted by atomic mass is 16.1. The molecule has 1 heterocycles. The third-order valence-corrected chi connectivity index (χ3v) is 5.13. The van der Waals surface area contributed by atoms with E-state index in [0.29, 0.717) is 11.7 Å². The van der Waals surface area contributed by atoms with Crippen molar-refractivity contribution in [2.45, 2.75) is 45.4 Å². The number of pyridine rings is 1. The van der Waals surface area contributed by atoms with Gasteiger partial charge in [0.15, 0.2) is 0 Å². The first-order chi connectivity index (χ1) is 10.00. The number of carbonyl (C=O) groups excluding carboxylic acids is 1. The van der Waals surface area contributed by atoms with Crippen LogP contribution in [0.3, 0.4) is 0 Å². The van der Waals surface area contributed by atoms with Gasteiger partial charge in [-0.1, -0.05) is 39.0 Å². The lowest BCUT2D eigenvalue weighted by molar-refractivity contribution is -0.128. The van der Waals surface area contributed by atoms with Crippen LogP contribution in [0, 0.1) is 11.8 Å². The van der Waals surface area contributed by atoms with E-state index in [1.165, 1.54) is 10.9 Å². The Bertz CT molecular complexity index is 669. The van der Waals surface area contributed by atoms with Gasteiger partial charge >= 0.3 is 0 Å². The Balaban J connectivity index is 2.06. The van der Waals surface area contributed by atoms with Crippen LogP contribution in [0.2, 0.25) is 0 Å². The van der Waals surface area contributed by atoms with Crippen LogP contribution < -0.4 is 0 Å². The molecule has 1 fully saturated rings. The van der Waals surface area contributed by atoms with Crippen molar-refractivity contribution in [3.63, 3.8) is 0 Å². The van der Waals surface area contributed by atoms with Crippen LogP contribution in [0.5, 0.6) is 0 Å². The maximum atomic E-state index is 12.5. The second-order valence-corrected chi connectivity index (χ2v) is 7.03. The number of Topliss-reactive ketones (excluding diaryl/α,β-unsaturated/α-hetero) is 1. The number of hydrogen-bond acceptors (Lipinski definition) is 2. The van der Waals surface area contributed by atoms with E-state index in [0.717, 1.165) is 24.6 Å². The molecule has 1 aliphatic carbocycles. The molecule has 2 heteroatoms. The van der Waals surface area contributed by atoms with E-state index in [2.05, 4.69) is 50.0 Å². The zero-order valence-electron chi connectivity index (χ0n) is 13.1. The number of nitrogens with zero attached hydrogens (tertiary/aromatic N) is 1. The fourth-order valence-corrected chi connectivity index (χ4v) is 3.84. The minimum Gasteiger partial charge on any atom is -0.299 e. The molecule has 2 nitrogen and oxygen atoms in total. The zero-order chi connectivity index (χ0) is 15.0. The van der Waals surface area contributed by atoms with Gasteiger partial charge in [0.2, 0.25) is 0 Å². The Labute approximate surface area is 126 Å². The van der Waals surface area contributed by atoms with E-state index < -0.39 is 0 Å². The number of carbonyl (C=O) groups is 1. The third kappa shape index (κ3) is 2.48. The molecule has 3 rings (SSSR count). The highest BCUT2D eigenvalue weighted by Gasteiger charge is 2.39. The van der Waals surface area contributed by atoms with Gasteiger partial charge in [-0.15, -0.1) is 0 Å². The molecule has 1 aromatic heterocycles. The van der Waals surface area contributed by atoms with Gasteiger partial charge in [0.1, 0.15) is 5.78 Å². The van der Waals surface area contributed by atoms with Gasteiger partial charge in [0.05, 0.1) is 0 Å². The maximum absolute atomic E-state index is 12.5. The van der Waals surface area contributed by atoms with E-state index in [9.17, 15) is 4.79 Å². The summed E-state index contributed by atoms with van der Waals surface area (Å²) in [5, 5.41) is 2.38. The molecule has 0 saturated heterocycles. The van der Waals surface area contributed by atoms with E-state index in [1.54, 1.807) is 0 Å². The predicted molar refractivity (Wildman–Crippen MR) is 86.3 cm³/mol. The van der Waals surface area contributed by atoms with Crippen LogP contribution in [0.25, 0.3) is 10.8 Å². The lowest BCUT2D eigenvalue weighted by atomic mass is 9.64. The summed E-state index contributed by atoms with van der Waals surface area (Å²) in [6.45, 7) is 6.63. The van der Waals surface area contributed by atoms with Crippen molar-refractivity contribution in [3.8, 4) is 0 Å². The van der Waals surface area contributed by atoms with Crippen molar-refractivity contribution in [2.75, 3.05) is 0 Å². The Morgan fingerprint density at radius 2 is 2.00 bits per heavy atom. The minimum atomic E-state index is -0.127. The smallest absolute Gasteiger partial charge is 0.137 e. The molecule has 0 spiro atoms. The fourth-order valence-electron chi connectivity index (χ4n) is 3.84. The van der Waals surface area contributed by atoms with Crippen LogP contribution in [0.4, 0.5) is 0 Å². The second kappa shape index (κ2) is 5.25. The van der Waals surface area contributed by atoms with Gasteiger partial charge in [-0.3, -0.25) is 9.78 Å². The van der Waals surface area contributed by atoms with Crippen molar-refractivity contribution in [3.05, 3.63) is 42.2 Å². The van der Waals surface area contributed by atoms with Crippen LogP contribution in [0.1, 0.15) is 45.6 Å². The summed E-state index contributed by atoms with van der Waals surface area (Å²) in [5.74, 6) is 1.11. The molecular weight excluding hydrogens is 258 g/mol. The molecule has 110 valence electrons.